The molecule has 0 aliphatic carbocycles. The topological polar surface area (TPSA) is 21.6 Å². The molecule has 0 amide bonds. The van der Waals surface area contributed by atoms with Crippen molar-refractivity contribution in [3.05, 3.63) is 35.4 Å². The molecule has 0 saturated heterocycles. The van der Waals surface area contributed by atoms with Gasteiger partial charge in [0.2, 0.25) is 0 Å². The molecule has 12 heavy (non-hydrogen) atoms. The average Bonchev–Trinajstić information content (AvgIpc) is 2.04. The van der Waals surface area contributed by atoms with Gasteiger partial charge in [0.1, 0.15) is 18.7 Å². The largest absolute Gasteiger partial charge is 0.399 e. The van der Waals surface area contributed by atoms with Gasteiger partial charge in [0.05, 0.1) is 11.8 Å². The number of benzene rings is 1. The van der Waals surface area contributed by atoms with Gasteiger partial charge in [0.25, 0.3) is 0 Å². The molecule has 0 fully saturated rings. The van der Waals surface area contributed by atoms with Crippen molar-refractivity contribution in [3.8, 4) is 0 Å². The lowest BCUT2D eigenvalue weighted by Gasteiger charge is -1.96. The third-order valence-corrected chi connectivity index (χ3v) is 1.29. The molecule has 0 spiro atoms. The van der Waals surface area contributed by atoms with Crippen LogP contribution in [-0.4, -0.2) is 13.3 Å². The molecule has 0 heterocycles. The quantitative estimate of drug-likeness (QED) is 0.492. The lowest BCUT2D eigenvalue weighted by atomic mass is 10.2. The molecule has 1 rings (SSSR count). The van der Waals surface area contributed by atoms with Crippen LogP contribution in [0.3, 0.4) is 0 Å². The molecule has 0 N–H and O–H groups in total. The highest BCUT2D eigenvalue weighted by molar-refractivity contribution is 5.79. The normalized spacial score (nSPS) is 10.6. The first kappa shape index (κ1) is 8.64. The van der Waals surface area contributed by atoms with Crippen molar-refractivity contribution in [2.45, 2.75) is 0 Å². The summed E-state index contributed by atoms with van der Waals surface area (Å²) in [5.41, 5.74) is -0.195. The highest BCUT2D eigenvalue weighted by Gasteiger charge is 2.04. The molecule has 0 saturated carbocycles. The maximum absolute atomic E-state index is 12.8. The van der Waals surface area contributed by atoms with Gasteiger partial charge in [-0.2, -0.15) is 0 Å². The molecule has 0 aliphatic rings. The Bertz CT molecular complexity index is 279. The third-order valence-electron chi connectivity index (χ3n) is 1.29. The summed E-state index contributed by atoms with van der Waals surface area (Å²) >= 11 is 0. The lowest BCUT2D eigenvalue weighted by Crippen LogP contribution is -1.93. The Kier molecular flexibility index (Phi) is 2.74. The van der Waals surface area contributed by atoms with Crippen molar-refractivity contribution in [1.82, 2.24) is 0 Å². The van der Waals surface area contributed by atoms with E-state index in [2.05, 4.69) is 9.99 Å². The third kappa shape index (κ3) is 1.78. The van der Waals surface area contributed by atoms with Crippen LogP contribution in [0.1, 0.15) is 5.56 Å². The fourth-order valence-electron chi connectivity index (χ4n) is 0.739. The zero-order chi connectivity index (χ0) is 8.97. The van der Waals surface area contributed by atoms with Crippen LogP contribution in [0.15, 0.2) is 23.4 Å². The summed E-state index contributed by atoms with van der Waals surface area (Å²) in [6.45, 7) is 0. The second kappa shape index (κ2) is 3.80. The first-order valence-corrected chi connectivity index (χ1v) is 3.26. The molecule has 1 aromatic carbocycles. The number of oxime groups is 1. The van der Waals surface area contributed by atoms with Gasteiger partial charge in [-0.05, 0) is 12.1 Å². The molecule has 1 aromatic rings. The summed E-state index contributed by atoms with van der Waals surface area (Å²) in [6, 6.07) is 3.59. The van der Waals surface area contributed by atoms with Gasteiger partial charge in [-0.1, -0.05) is 11.2 Å². The van der Waals surface area contributed by atoms with Crippen molar-refractivity contribution in [1.29, 1.82) is 0 Å². The Morgan fingerprint density at radius 3 is 2.42 bits per heavy atom. The van der Waals surface area contributed by atoms with Crippen molar-refractivity contribution in [3.63, 3.8) is 0 Å². The Labute approximate surface area is 68.5 Å². The molecule has 64 valence electrons. The summed E-state index contributed by atoms with van der Waals surface area (Å²) in [4.78, 5) is 4.29. The first-order valence-electron chi connectivity index (χ1n) is 3.26. The molecule has 0 aromatic heterocycles. The van der Waals surface area contributed by atoms with Crippen LogP contribution in [0, 0.1) is 11.6 Å². The van der Waals surface area contributed by atoms with Gasteiger partial charge < -0.3 is 4.84 Å². The van der Waals surface area contributed by atoms with Crippen molar-refractivity contribution < 1.29 is 13.6 Å². The molecule has 4 heteroatoms. The smallest absolute Gasteiger partial charge is 0.135 e. The lowest BCUT2D eigenvalue weighted by molar-refractivity contribution is 0.215. The van der Waals surface area contributed by atoms with Gasteiger partial charge in [-0.15, -0.1) is 0 Å². The fraction of sp³-hybridized carbons (Fsp3) is 0.125. The molecule has 0 unspecified atom stereocenters. The Balaban J connectivity index is 3.04. The summed E-state index contributed by atoms with van der Waals surface area (Å²) in [5.74, 6) is -1.31. The SMILES string of the molecule is CO/N=C/c1c(F)cccc1F. The number of halogens is 2. The highest BCUT2D eigenvalue weighted by atomic mass is 19.1. The van der Waals surface area contributed by atoms with Gasteiger partial charge in [-0.25, -0.2) is 8.78 Å². The van der Waals surface area contributed by atoms with Crippen LogP contribution in [0.2, 0.25) is 0 Å². The van der Waals surface area contributed by atoms with E-state index in [1.807, 2.05) is 0 Å². The second-order valence-electron chi connectivity index (χ2n) is 2.05. The van der Waals surface area contributed by atoms with Gasteiger partial charge in [-0.3, -0.25) is 0 Å². The zero-order valence-corrected chi connectivity index (χ0v) is 6.42. The van der Waals surface area contributed by atoms with Crippen LogP contribution in [0.25, 0.3) is 0 Å². The predicted octanol–water partition coefficient (Wildman–Crippen LogP) is 1.95. The Morgan fingerprint density at radius 1 is 1.33 bits per heavy atom. The van der Waals surface area contributed by atoms with E-state index in [1.54, 1.807) is 0 Å². The summed E-state index contributed by atoms with van der Waals surface area (Å²) in [6.07, 6.45) is 0.991. The zero-order valence-electron chi connectivity index (χ0n) is 6.42. The number of rotatable bonds is 2. The minimum absolute atomic E-state index is 0.195. The van der Waals surface area contributed by atoms with Crippen LogP contribution >= 0.6 is 0 Å². The summed E-state index contributed by atoms with van der Waals surface area (Å²) < 4.78 is 25.6. The van der Waals surface area contributed by atoms with Gasteiger partial charge in [0, 0.05) is 0 Å². The highest BCUT2D eigenvalue weighted by Crippen LogP contribution is 2.08. The van der Waals surface area contributed by atoms with E-state index in [0.717, 1.165) is 18.3 Å². The molecular weight excluding hydrogens is 164 g/mol. The molecule has 2 nitrogen and oxygen atoms in total. The van der Waals surface area contributed by atoms with Crippen LogP contribution < -0.4 is 0 Å². The first-order chi connectivity index (χ1) is 5.75. The summed E-state index contributed by atoms with van der Waals surface area (Å²) in [7, 11) is 1.30. The van der Waals surface area contributed by atoms with E-state index in [4.69, 9.17) is 0 Å². The number of hydrogen-bond donors (Lipinski definition) is 0. The average molecular weight is 171 g/mol. The Morgan fingerprint density at radius 2 is 1.92 bits per heavy atom. The van der Waals surface area contributed by atoms with Crippen LogP contribution in [0.5, 0.6) is 0 Å². The van der Waals surface area contributed by atoms with Crippen molar-refractivity contribution in [2.75, 3.05) is 7.11 Å². The summed E-state index contributed by atoms with van der Waals surface area (Å²) in [5, 5.41) is 3.26. The van der Waals surface area contributed by atoms with E-state index < -0.39 is 11.6 Å². The molecular formula is C8H7F2NO. The van der Waals surface area contributed by atoms with E-state index in [0.29, 0.717) is 0 Å². The molecule has 0 aliphatic heterocycles. The maximum Gasteiger partial charge on any atom is 0.135 e. The molecule has 0 bridgehead atoms. The van der Waals surface area contributed by atoms with E-state index in [9.17, 15) is 8.78 Å². The molecule has 0 radical (unpaired) electrons. The van der Waals surface area contributed by atoms with E-state index in [-0.39, 0.29) is 5.56 Å². The molecule has 0 atom stereocenters. The minimum Gasteiger partial charge on any atom is -0.399 e. The monoisotopic (exact) mass is 171 g/mol. The maximum atomic E-state index is 12.8. The predicted molar refractivity (Wildman–Crippen MR) is 41.0 cm³/mol. The second-order valence-corrected chi connectivity index (χ2v) is 2.05. The number of hydrogen-bond acceptors (Lipinski definition) is 2. The standard InChI is InChI=1S/C8H7F2NO/c1-12-11-5-6-7(9)3-2-4-8(6)10/h2-5H,1H3/b11-5+. The Hall–Kier alpha value is -1.45. The minimum atomic E-state index is -0.657. The van der Waals surface area contributed by atoms with Gasteiger partial charge >= 0.3 is 0 Å². The fourth-order valence-corrected chi connectivity index (χ4v) is 0.739. The van der Waals surface area contributed by atoms with Crippen LogP contribution in [0.4, 0.5) is 8.78 Å². The number of nitrogens with zero attached hydrogens (tertiary/aromatic N) is 1. The van der Waals surface area contributed by atoms with Crippen LogP contribution in [-0.2, 0) is 4.84 Å². The van der Waals surface area contributed by atoms with Crippen molar-refractivity contribution in [2.24, 2.45) is 5.16 Å². The van der Waals surface area contributed by atoms with Crippen molar-refractivity contribution >= 4 is 6.21 Å². The van der Waals surface area contributed by atoms with Gasteiger partial charge in [0.15, 0.2) is 0 Å². The van der Waals surface area contributed by atoms with E-state index in [1.165, 1.54) is 13.2 Å². The van der Waals surface area contributed by atoms with E-state index >= 15 is 0 Å².